The van der Waals surface area contributed by atoms with Crippen LogP contribution in [0.15, 0.2) is 65.8 Å². The highest BCUT2D eigenvalue weighted by Crippen LogP contribution is 2.24. The molecular formula is C19H18FN5O3S. The van der Waals surface area contributed by atoms with Gasteiger partial charge in [0.15, 0.2) is 0 Å². The van der Waals surface area contributed by atoms with Crippen LogP contribution in [0.5, 0.6) is 0 Å². The molecule has 0 spiro atoms. The van der Waals surface area contributed by atoms with Crippen LogP contribution in [0.4, 0.5) is 10.1 Å². The topological polar surface area (TPSA) is 97.2 Å². The molecule has 4 rings (SSSR count). The Hall–Kier alpha value is -3.27. The fourth-order valence-electron chi connectivity index (χ4n) is 3.30. The van der Waals surface area contributed by atoms with E-state index in [4.69, 9.17) is 0 Å². The van der Waals surface area contributed by atoms with E-state index in [1.807, 2.05) is 0 Å². The van der Waals surface area contributed by atoms with Gasteiger partial charge in [-0.25, -0.2) is 17.5 Å². The SMILES string of the molecule is O=C(c1cccc(NS(=O)(=O)c2cccc(F)c2)c1)N1CCC(n2ccnn2)C1. The van der Waals surface area contributed by atoms with Crippen LogP contribution in [-0.2, 0) is 10.0 Å². The Morgan fingerprint density at radius 1 is 1.17 bits per heavy atom. The van der Waals surface area contributed by atoms with Gasteiger partial charge in [0.25, 0.3) is 15.9 Å². The summed E-state index contributed by atoms with van der Waals surface area (Å²) in [6.07, 6.45) is 4.13. The van der Waals surface area contributed by atoms with Gasteiger partial charge < -0.3 is 4.90 Å². The number of sulfonamides is 1. The predicted molar refractivity (Wildman–Crippen MR) is 103 cm³/mol. The van der Waals surface area contributed by atoms with Crippen molar-refractivity contribution in [2.45, 2.75) is 17.4 Å². The molecule has 150 valence electrons. The van der Waals surface area contributed by atoms with Crippen LogP contribution < -0.4 is 4.72 Å². The van der Waals surface area contributed by atoms with Crippen LogP contribution in [0.1, 0.15) is 22.8 Å². The quantitative estimate of drug-likeness (QED) is 0.690. The molecule has 1 N–H and O–H groups in total. The van der Waals surface area contributed by atoms with Crippen LogP contribution >= 0.6 is 0 Å². The first kappa shape index (κ1) is 19.1. The Bertz CT molecular complexity index is 1130. The molecule has 0 bridgehead atoms. The van der Waals surface area contributed by atoms with Crippen molar-refractivity contribution >= 4 is 21.6 Å². The summed E-state index contributed by atoms with van der Waals surface area (Å²) in [5.41, 5.74) is 0.593. The minimum Gasteiger partial charge on any atom is -0.336 e. The molecular weight excluding hydrogens is 397 g/mol. The Kier molecular flexibility index (Phi) is 5.01. The average molecular weight is 415 g/mol. The highest BCUT2D eigenvalue weighted by atomic mass is 32.2. The third-order valence-electron chi connectivity index (χ3n) is 4.73. The van der Waals surface area contributed by atoms with Gasteiger partial charge in [-0.2, -0.15) is 0 Å². The number of carbonyl (C=O) groups is 1. The predicted octanol–water partition coefficient (Wildman–Crippen LogP) is 2.31. The third-order valence-corrected chi connectivity index (χ3v) is 6.11. The molecule has 1 saturated heterocycles. The Morgan fingerprint density at radius 3 is 2.76 bits per heavy atom. The van der Waals surface area contributed by atoms with E-state index < -0.39 is 15.8 Å². The molecule has 3 aromatic rings. The number of hydrogen-bond acceptors (Lipinski definition) is 5. The van der Waals surface area contributed by atoms with Crippen LogP contribution in [-0.4, -0.2) is 47.3 Å². The lowest BCUT2D eigenvalue weighted by Gasteiger charge is -2.17. The van der Waals surface area contributed by atoms with Gasteiger partial charge >= 0.3 is 0 Å². The van der Waals surface area contributed by atoms with Gasteiger partial charge in [-0.1, -0.05) is 17.3 Å². The minimum atomic E-state index is -3.97. The molecule has 0 radical (unpaired) electrons. The number of benzene rings is 2. The molecule has 1 amide bonds. The summed E-state index contributed by atoms with van der Waals surface area (Å²) in [5, 5.41) is 7.77. The zero-order valence-electron chi connectivity index (χ0n) is 15.3. The van der Waals surface area contributed by atoms with Crippen LogP contribution in [0.3, 0.4) is 0 Å². The monoisotopic (exact) mass is 415 g/mol. The molecule has 1 atom stereocenters. The molecule has 0 saturated carbocycles. The number of nitrogens with one attached hydrogen (secondary N) is 1. The molecule has 29 heavy (non-hydrogen) atoms. The average Bonchev–Trinajstić information content (AvgIpc) is 3.39. The van der Waals surface area contributed by atoms with Crippen molar-refractivity contribution in [1.82, 2.24) is 19.9 Å². The largest absolute Gasteiger partial charge is 0.336 e. The molecule has 1 aliphatic heterocycles. The number of amides is 1. The number of nitrogens with zero attached hydrogens (tertiary/aromatic N) is 4. The number of rotatable bonds is 5. The Morgan fingerprint density at radius 2 is 2.00 bits per heavy atom. The van der Waals surface area contributed by atoms with Crippen molar-refractivity contribution < 1.29 is 17.6 Å². The fourth-order valence-corrected chi connectivity index (χ4v) is 4.38. The summed E-state index contributed by atoms with van der Waals surface area (Å²) >= 11 is 0. The smallest absolute Gasteiger partial charge is 0.261 e. The number of carbonyl (C=O) groups excluding carboxylic acids is 1. The zero-order chi connectivity index (χ0) is 20.4. The van der Waals surface area contributed by atoms with Gasteiger partial charge in [0.1, 0.15) is 5.82 Å². The van der Waals surface area contributed by atoms with E-state index >= 15 is 0 Å². The maximum absolute atomic E-state index is 13.4. The molecule has 1 aromatic heterocycles. The highest BCUT2D eigenvalue weighted by molar-refractivity contribution is 7.92. The van der Waals surface area contributed by atoms with E-state index in [2.05, 4.69) is 15.0 Å². The first-order valence-corrected chi connectivity index (χ1v) is 10.4. The number of halogens is 1. The van der Waals surface area contributed by atoms with Crippen molar-refractivity contribution in [3.05, 3.63) is 72.3 Å². The Balaban J connectivity index is 1.49. The van der Waals surface area contributed by atoms with E-state index in [-0.39, 0.29) is 22.5 Å². The standard InChI is InChI=1S/C19H18FN5O3S/c20-15-4-2-6-18(12-15)29(27,28)22-16-5-1-3-14(11-16)19(26)24-9-7-17(13-24)25-10-8-21-23-25/h1-6,8,10-12,17,22H,7,9,13H2. The van der Waals surface area contributed by atoms with E-state index in [9.17, 15) is 17.6 Å². The van der Waals surface area contributed by atoms with Crippen LogP contribution in [0, 0.1) is 5.82 Å². The van der Waals surface area contributed by atoms with E-state index in [0.717, 1.165) is 12.5 Å². The maximum atomic E-state index is 13.4. The normalized spacial score (nSPS) is 16.7. The van der Waals surface area contributed by atoms with E-state index in [1.165, 1.54) is 30.3 Å². The van der Waals surface area contributed by atoms with Gasteiger partial charge in [-0.15, -0.1) is 5.10 Å². The van der Waals surface area contributed by atoms with Crippen molar-refractivity contribution in [1.29, 1.82) is 0 Å². The Labute approximate surface area is 167 Å². The van der Waals surface area contributed by atoms with Gasteiger partial charge in [0.05, 0.1) is 17.1 Å². The van der Waals surface area contributed by atoms with Gasteiger partial charge in [-0.05, 0) is 42.8 Å². The molecule has 2 aromatic carbocycles. The number of hydrogen-bond donors (Lipinski definition) is 1. The first-order chi connectivity index (χ1) is 13.9. The minimum absolute atomic E-state index is 0.0658. The second kappa shape index (κ2) is 7.63. The van der Waals surface area contributed by atoms with Gasteiger partial charge in [0.2, 0.25) is 0 Å². The van der Waals surface area contributed by atoms with Crippen LogP contribution in [0.2, 0.25) is 0 Å². The molecule has 8 nitrogen and oxygen atoms in total. The summed E-state index contributed by atoms with van der Waals surface area (Å²) in [6, 6.07) is 11.0. The summed E-state index contributed by atoms with van der Waals surface area (Å²) in [5.74, 6) is -0.841. The molecule has 1 fully saturated rings. The van der Waals surface area contributed by atoms with E-state index in [0.29, 0.717) is 18.7 Å². The van der Waals surface area contributed by atoms with E-state index in [1.54, 1.807) is 34.1 Å². The number of likely N-dealkylation sites (tertiary alicyclic amines) is 1. The number of anilines is 1. The highest BCUT2D eigenvalue weighted by Gasteiger charge is 2.28. The number of aromatic nitrogens is 3. The second-order valence-corrected chi connectivity index (χ2v) is 8.40. The summed E-state index contributed by atoms with van der Waals surface area (Å²) in [4.78, 5) is 14.4. The molecule has 0 aliphatic carbocycles. The lowest BCUT2D eigenvalue weighted by atomic mass is 10.2. The van der Waals surface area contributed by atoms with Crippen molar-refractivity contribution in [2.75, 3.05) is 17.8 Å². The van der Waals surface area contributed by atoms with Gasteiger partial charge in [0, 0.05) is 30.5 Å². The van der Waals surface area contributed by atoms with Crippen molar-refractivity contribution in [2.24, 2.45) is 0 Å². The first-order valence-electron chi connectivity index (χ1n) is 8.96. The molecule has 2 heterocycles. The summed E-state index contributed by atoms with van der Waals surface area (Å²) in [6.45, 7) is 1.07. The van der Waals surface area contributed by atoms with Crippen molar-refractivity contribution in [3.8, 4) is 0 Å². The zero-order valence-corrected chi connectivity index (χ0v) is 16.1. The summed E-state index contributed by atoms with van der Waals surface area (Å²) in [7, 11) is -3.97. The van der Waals surface area contributed by atoms with Crippen molar-refractivity contribution in [3.63, 3.8) is 0 Å². The lowest BCUT2D eigenvalue weighted by molar-refractivity contribution is 0.0787. The summed E-state index contributed by atoms with van der Waals surface area (Å²) < 4.78 is 42.4. The molecule has 10 heteroatoms. The lowest BCUT2D eigenvalue weighted by Crippen LogP contribution is -2.29. The van der Waals surface area contributed by atoms with Crippen LogP contribution in [0.25, 0.3) is 0 Å². The third kappa shape index (κ3) is 4.11. The second-order valence-electron chi connectivity index (χ2n) is 6.72. The van der Waals surface area contributed by atoms with Gasteiger partial charge in [-0.3, -0.25) is 9.52 Å². The molecule has 1 aliphatic rings. The molecule has 1 unspecified atom stereocenters. The fraction of sp³-hybridized carbons (Fsp3) is 0.211. The maximum Gasteiger partial charge on any atom is 0.261 e.